The van der Waals surface area contributed by atoms with Crippen LogP contribution in [0.25, 0.3) is 0 Å². The molecule has 0 spiro atoms. The van der Waals surface area contributed by atoms with E-state index in [9.17, 15) is 14.7 Å². The van der Waals surface area contributed by atoms with Crippen LogP contribution >= 0.6 is 11.6 Å². The van der Waals surface area contributed by atoms with E-state index < -0.39 is 6.10 Å². The van der Waals surface area contributed by atoms with Gasteiger partial charge in [0.1, 0.15) is 0 Å². The summed E-state index contributed by atoms with van der Waals surface area (Å²) in [5.41, 5.74) is 0.656. The first-order chi connectivity index (χ1) is 10.6. The van der Waals surface area contributed by atoms with Crippen molar-refractivity contribution in [2.45, 2.75) is 25.4 Å². The molecular formula is C16H19ClN2O3. The van der Waals surface area contributed by atoms with Crippen molar-refractivity contribution < 1.29 is 14.7 Å². The molecular weight excluding hydrogens is 304 g/mol. The maximum absolute atomic E-state index is 12.6. The first-order valence-corrected chi connectivity index (χ1v) is 7.96. The van der Waals surface area contributed by atoms with E-state index in [2.05, 4.69) is 0 Å². The fourth-order valence-corrected chi connectivity index (χ4v) is 3.43. The number of rotatable bonds is 2. The Morgan fingerprint density at radius 3 is 2.77 bits per heavy atom. The SMILES string of the molecule is O=C(C1CC(=O)N(c2ccccc2Cl)C1)N1CCCC(O)C1. The predicted molar refractivity (Wildman–Crippen MR) is 83.7 cm³/mol. The largest absolute Gasteiger partial charge is 0.391 e. The number of halogens is 1. The second kappa shape index (κ2) is 6.26. The molecule has 2 aliphatic heterocycles. The molecule has 2 saturated heterocycles. The first-order valence-electron chi connectivity index (χ1n) is 7.58. The number of para-hydroxylation sites is 1. The molecule has 5 nitrogen and oxygen atoms in total. The summed E-state index contributed by atoms with van der Waals surface area (Å²) in [6.45, 7) is 1.39. The lowest BCUT2D eigenvalue weighted by atomic mass is 10.0. The minimum absolute atomic E-state index is 0.0401. The number of benzene rings is 1. The van der Waals surface area contributed by atoms with Gasteiger partial charge in [0.2, 0.25) is 11.8 Å². The van der Waals surface area contributed by atoms with Crippen LogP contribution in [0.15, 0.2) is 24.3 Å². The molecule has 118 valence electrons. The molecule has 6 heteroatoms. The standard InChI is InChI=1S/C16H19ClN2O3/c17-13-5-1-2-6-14(13)19-9-11(8-15(19)21)16(22)18-7-3-4-12(20)10-18/h1-2,5-6,11-12,20H,3-4,7-10H2. The van der Waals surface area contributed by atoms with Crippen molar-refractivity contribution in [1.29, 1.82) is 0 Å². The summed E-state index contributed by atoms with van der Waals surface area (Å²) >= 11 is 6.14. The average molecular weight is 323 g/mol. The molecule has 2 fully saturated rings. The third-order valence-corrected chi connectivity index (χ3v) is 4.65. The molecule has 3 rings (SSSR count). The number of aliphatic hydroxyl groups excluding tert-OH is 1. The molecule has 22 heavy (non-hydrogen) atoms. The van der Waals surface area contributed by atoms with Gasteiger partial charge in [0.05, 0.1) is 22.7 Å². The number of carbonyl (C=O) groups excluding carboxylic acids is 2. The van der Waals surface area contributed by atoms with Crippen LogP contribution in [0, 0.1) is 5.92 Å². The molecule has 2 unspecified atom stereocenters. The summed E-state index contributed by atoms with van der Waals surface area (Å²) in [6.07, 6.45) is 1.30. The minimum Gasteiger partial charge on any atom is -0.391 e. The summed E-state index contributed by atoms with van der Waals surface area (Å²) in [5.74, 6) is -0.472. The summed E-state index contributed by atoms with van der Waals surface area (Å²) in [6, 6.07) is 7.16. The highest BCUT2D eigenvalue weighted by Gasteiger charge is 2.38. The maximum atomic E-state index is 12.6. The van der Waals surface area contributed by atoms with Gasteiger partial charge >= 0.3 is 0 Å². The Morgan fingerprint density at radius 2 is 2.05 bits per heavy atom. The molecule has 2 amide bonds. The summed E-state index contributed by atoms with van der Waals surface area (Å²) in [7, 11) is 0. The van der Waals surface area contributed by atoms with E-state index in [0.29, 0.717) is 30.3 Å². The Balaban J connectivity index is 1.72. The monoisotopic (exact) mass is 322 g/mol. The van der Waals surface area contributed by atoms with Crippen molar-refractivity contribution in [2.75, 3.05) is 24.5 Å². The zero-order chi connectivity index (χ0) is 15.7. The van der Waals surface area contributed by atoms with E-state index in [0.717, 1.165) is 12.8 Å². The summed E-state index contributed by atoms with van der Waals surface area (Å²) in [5, 5.41) is 10.2. The van der Waals surface area contributed by atoms with Gasteiger partial charge < -0.3 is 14.9 Å². The highest BCUT2D eigenvalue weighted by atomic mass is 35.5. The third-order valence-electron chi connectivity index (χ3n) is 4.33. The molecule has 0 saturated carbocycles. The summed E-state index contributed by atoms with van der Waals surface area (Å²) < 4.78 is 0. The van der Waals surface area contributed by atoms with E-state index in [1.807, 2.05) is 12.1 Å². The maximum Gasteiger partial charge on any atom is 0.228 e. The van der Waals surface area contributed by atoms with Crippen molar-refractivity contribution in [1.82, 2.24) is 4.90 Å². The van der Waals surface area contributed by atoms with E-state index >= 15 is 0 Å². The topological polar surface area (TPSA) is 60.9 Å². The number of likely N-dealkylation sites (tertiary alicyclic amines) is 1. The molecule has 1 aromatic rings. The van der Waals surface area contributed by atoms with Gasteiger partial charge in [-0.15, -0.1) is 0 Å². The third kappa shape index (κ3) is 2.96. The quantitative estimate of drug-likeness (QED) is 0.901. The van der Waals surface area contributed by atoms with E-state index in [4.69, 9.17) is 11.6 Å². The molecule has 1 N–H and O–H groups in total. The van der Waals surface area contributed by atoms with Gasteiger partial charge in [0.15, 0.2) is 0 Å². The van der Waals surface area contributed by atoms with Crippen LogP contribution in [-0.4, -0.2) is 47.6 Å². The van der Waals surface area contributed by atoms with Crippen molar-refractivity contribution in [2.24, 2.45) is 5.92 Å². The van der Waals surface area contributed by atoms with Crippen LogP contribution in [-0.2, 0) is 9.59 Å². The Kier molecular flexibility index (Phi) is 4.36. The van der Waals surface area contributed by atoms with E-state index in [-0.39, 0.29) is 24.2 Å². The normalized spacial score (nSPS) is 25.6. The zero-order valence-corrected chi connectivity index (χ0v) is 13.0. The first kappa shape index (κ1) is 15.3. The number of carbonyl (C=O) groups is 2. The number of anilines is 1. The lowest BCUT2D eigenvalue weighted by Crippen LogP contribution is -2.45. The van der Waals surface area contributed by atoms with Gasteiger partial charge in [-0.2, -0.15) is 0 Å². The van der Waals surface area contributed by atoms with Gasteiger partial charge in [0.25, 0.3) is 0 Å². The fraction of sp³-hybridized carbons (Fsp3) is 0.500. The van der Waals surface area contributed by atoms with Crippen molar-refractivity contribution >= 4 is 29.1 Å². The summed E-state index contributed by atoms with van der Waals surface area (Å²) in [4.78, 5) is 28.1. The van der Waals surface area contributed by atoms with Crippen LogP contribution in [0.1, 0.15) is 19.3 Å². The molecule has 0 bridgehead atoms. The molecule has 2 atom stereocenters. The second-order valence-electron chi connectivity index (χ2n) is 5.94. The Morgan fingerprint density at radius 1 is 1.27 bits per heavy atom. The van der Waals surface area contributed by atoms with Gasteiger partial charge in [-0.05, 0) is 25.0 Å². The number of β-amino-alcohol motifs (C(OH)–C–C–N with tert-alkyl or cyclic N) is 1. The highest BCUT2D eigenvalue weighted by molar-refractivity contribution is 6.33. The second-order valence-corrected chi connectivity index (χ2v) is 6.34. The molecule has 2 heterocycles. The Bertz CT molecular complexity index is 593. The number of hydrogen-bond acceptors (Lipinski definition) is 3. The predicted octanol–water partition coefficient (Wildman–Crippen LogP) is 1.68. The molecule has 0 radical (unpaired) electrons. The van der Waals surface area contributed by atoms with E-state index in [1.165, 1.54) is 0 Å². The molecule has 2 aliphatic rings. The molecule has 1 aromatic carbocycles. The number of nitrogens with zero attached hydrogens (tertiary/aromatic N) is 2. The Hall–Kier alpha value is -1.59. The van der Waals surface area contributed by atoms with Crippen LogP contribution in [0.4, 0.5) is 5.69 Å². The smallest absolute Gasteiger partial charge is 0.228 e. The van der Waals surface area contributed by atoms with Gasteiger partial charge in [-0.3, -0.25) is 9.59 Å². The lowest BCUT2D eigenvalue weighted by Gasteiger charge is -2.31. The Labute approximate surface area is 134 Å². The van der Waals surface area contributed by atoms with E-state index in [1.54, 1.807) is 21.9 Å². The molecule has 0 aliphatic carbocycles. The van der Waals surface area contributed by atoms with Crippen LogP contribution in [0.3, 0.4) is 0 Å². The number of aliphatic hydroxyl groups is 1. The number of amides is 2. The minimum atomic E-state index is -0.450. The highest BCUT2D eigenvalue weighted by Crippen LogP contribution is 2.31. The number of piperidine rings is 1. The van der Waals surface area contributed by atoms with Crippen molar-refractivity contribution in [3.05, 3.63) is 29.3 Å². The van der Waals surface area contributed by atoms with Gasteiger partial charge in [-0.1, -0.05) is 23.7 Å². The number of hydrogen-bond donors (Lipinski definition) is 1. The molecule has 0 aromatic heterocycles. The lowest BCUT2D eigenvalue weighted by molar-refractivity contribution is -0.138. The van der Waals surface area contributed by atoms with Gasteiger partial charge in [0, 0.05) is 26.1 Å². The van der Waals surface area contributed by atoms with Crippen molar-refractivity contribution in [3.8, 4) is 0 Å². The van der Waals surface area contributed by atoms with Crippen molar-refractivity contribution in [3.63, 3.8) is 0 Å². The zero-order valence-electron chi connectivity index (χ0n) is 12.2. The van der Waals surface area contributed by atoms with Crippen LogP contribution < -0.4 is 4.90 Å². The van der Waals surface area contributed by atoms with Gasteiger partial charge in [-0.25, -0.2) is 0 Å². The fourth-order valence-electron chi connectivity index (χ4n) is 3.19. The average Bonchev–Trinajstić information content (AvgIpc) is 2.89. The van der Waals surface area contributed by atoms with Crippen LogP contribution in [0.5, 0.6) is 0 Å². The van der Waals surface area contributed by atoms with Crippen LogP contribution in [0.2, 0.25) is 5.02 Å².